The number of aromatic carboxylic acids is 1. The highest BCUT2D eigenvalue weighted by molar-refractivity contribution is 7.91. The Morgan fingerprint density at radius 3 is 2.23 bits per heavy atom. The van der Waals surface area contributed by atoms with Gasteiger partial charge in [-0.3, -0.25) is 4.79 Å². The van der Waals surface area contributed by atoms with Gasteiger partial charge in [0.05, 0.1) is 33.7 Å². The van der Waals surface area contributed by atoms with E-state index < -0.39 is 51.7 Å². The van der Waals surface area contributed by atoms with E-state index in [1.165, 1.54) is 17.0 Å². The number of benzene rings is 3. The fraction of sp³-hybridized carbons (Fsp3) is 0.300. The van der Waals surface area contributed by atoms with Crippen LogP contribution in [0.4, 0.5) is 10.5 Å². The first-order chi connectivity index (χ1) is 20.1. The molecular formula is C30H33ClN2O9S. The molecule has 0 spiro atoms. The van der Waals surface area contributed by atoms with Crippen LogP contribution < -0.4 is 5.32 Å². The number of amides is 2. The lowest BCUT2D eigenvalue weighted by Crippen LogP contribution is -2.40. The second-order valence-corrected chi connectivity index (χ2v) is 13.0. The molecule has 0 fully saturated rings. The highest BCUT2D eigenvalue weighted by Gasteiger charge is 2.25. The summed E-state index contributed by atoms with van der Waals surface area (Å²) in [5, 5.41) is 31.9. The van der Waals surface area contributed by atoms with Crippen molar-refractivity contribution < 1.29 is 42.9 Å². The molecule has 4 N–H and O–H groups in total. The summed E-state index contributed by atoms with van der Waals surface area (Å²) in [5.74, 6) is -2.31. The van der Waals surface area contributed by atoms with Crippen molar-refractivity contribution in [1.82, 2.24) is 4.90 Å². The van der Waals surface area contributed by atoms with Crippen LogP contribution in [0.25, 0.3) is 0 Å². The van der Waals surface area contributed by atoms with E-state index in [1.54, 1.807) is 57.2 Å². The van der Waals surface area contributed by atoms with Gasteiger partial charge in [0.25, 0.3) is 0 Å². The van der Waals surface area contributed by atoms with E-state index in [9.17, 15) is 33.0 Å². The normalized spacial score (nSPS) is 12.3. The third kappa shape index (κ3) is 9.26. The molecule has 230 valence electrons. The summed E-state index contributed by atoms with van der Waals surface area (Å²) in [6.45, 7) is 4.41. The van der Waals surface area contributed by atoms with Crippen LogP contribution in [0.15, 0.2) is 76.5 Å². The van der Waals surface area contributed by atoms with Gasteiger partial charge in [-0.05, 0) is 80.8 Å². The molecule has 0 aromatic heterocycles. The standard InChI is InChI=1S/C30H33ClN2O9S/c1-30(2,3)42-29(39)33(17-26(35)20-5-4-6-21(31)15-20)14-13-19-7-9-22(10-8-19)43(40,41)23-11-12-25(32-27(36)18-34)24(16-23)28(37)38/h4-12,15-16,26,34-35H,13-14,17-18H2,1-3H3,(H,32,36)(H,37,38)/t26-/m1/s1. The van der Waals surface area contributed by atoms with Crippen molar-refractivity contribution in [2.24, 2.45) is 0 Å². The third-order valence-corrected chi connectivity index (χ3v) is 8.13. The molecule has 0 saturated carbocycles. The molecule has 13 heteroatoms. The molecule has 0 unspecified atom stereocenters. The van der Waals surface area contributed by atoms with Gasteiger partial charge in [-0.1, -0.05) is 35.9 Å². The number of anilines is 1. The van der Waals surface area contributed by atoms with Crippen LogP contribution in [0, 0.1) is 0 Å². The predicted octanol–water partition coefficient (Wildman–Crippen LogP) is 4.32. The average Bonchev–Trinajstić information content (AvgIpc) is 2.94. The largest absolute Gasteiger partial charge is 0.478 e. The molecule has 0 bridgehead atoms. The number of sulfone groups is 1. The van der Waals surface area contributed by atoms with Gasteiger partial charge in [0.15, 0.2) is 0 Å². The Morgan fingerprint density at radius 2 is 1.65 bits per heavy atom. The maximum atomic E-state index is 13.3. The Labute approximate surface area is 254 Å². The molecule has 11 nitrogen and oxygen atoms in total. The summed E-state index contributed by atoms with van der Waals surface area (Å²) in [5.41, 5.74) is -0.156. The number of halogens is 1. The predicted molar refractivity (Wildman–Crippen MR) is 159 cm³/mol. The van der Waals surface area contributed by atoms with Crippen LogP contribution in [0.2, 0.25) is 5.02 Å². The Balaban J connectivity index is 1.79. The number of nitrogens with zero attached hydrogens (tertiary/aromatic N) is 1. The number of hydrogen-bond donors (Lipinski definition) is 4. The van der Waals surface area contributed by atoms with E-state index in [1.807, 2.05) is 0 Å². The Bertz CT molecular complexity index is 1590. The van der Waals surface area contributed by atoms with Gasteiger partial charge in [0.1, 0.15) is 12.2 Å². The zero-order valence-electron chi connectivity index (χ0n) is 23.8. The number of aliphatic hydroxyl groups is 2. The molecule has 1 atom stereocenters. The van der Waals surface area contributed by atoms with Gasteiger partial charge in [-0.2, -0.15) is 0 Å². The van der Waals surface area contributed by atoms with E-state index >= 15 is 0 Å². The maximum absolute atomic E-state index is 13.3. The van der Waals surface area contributed by atoms with Crippen LogP contribution >= 0.6 is 11.6 Å². The number of carbonyl (C=O) groups is 3. The summed E-state index contributed by atoms with van der Waals surface area (Å²) in [4.78, 5) is 37.1. The zero-order valence-corrected chi connectivity index (χ0v) is 25.4. The number of carboxylic acid groups (broad SMARTS) is 1. The van der Waals surface area contributed by atoms with Crippen LogP contribution in [-0.4, -0.2) is 71.9 Å². The number of carboxylic acids is 1. The molecule has 3 aromatic rings. The Kier molecular flexibility index (Phi) is 10.9. The van der Waals surface area contributed by atoms with E-state index in [4.69, 9.17) is 21.4 Å². The van der Waals surface area contributed by atoms with Gasteiger partial charge in [0.2, 0.25) is 15.7 Å². The van der Waals surface area contributed by atoms with Gasteiger partial charge < -0.3 is 30.3 Å². The van der Waals surface area contributed by atoms with E-state index in [-0.39, 0.29) is 28.6 Å². The highest BCUT2D eigenvalue weighted by Crippen LogP contribution is 2.27. The lowest BCUT2D eigenvalue weighted by Gasteiger charge is -2.29. The summed E-state index contributed by atoms with van der Waals surface area (Å²) in [6.07, 6.45) is -1.34. The first-order valence-corrected chi connectivity index (χ1v) is 15.0. The molecule has 0 aliphatic rings. The van der Waals surface area contributed by atoms with Crippen molar-refractivity contribution in [3.8, 4) is 0 Å². The highest BCUT2D eigenvalue weighted by atomic mass is 35.5. The number of rotatable bonds is 11. The average molecular weight is 633 g/mol. The smallest absolute Gasteiger partial charge is 0.410 e. The van der Waals surface area contributed by atoms with Crippen molar-refractivity contribution in [3.63, 3.8) is 0 Å². The molecule has 0 heterocycles. The van der Waals surface area contributed by atoms with Gasteiger partial charge in [-0.15, -0.1) is 0 Å². The Morgan fingerprint density at radius 1 is 1.00 bits per heavy atom. The van der Waals surface area contributed by atoms with Crippen molar-refractivity contribution in [2.45, 2.75) is 48.7 Å². The number of ether oxygens (including phenoxy) is 1. The van der Waals surface area contributed by atoms with Crippen LogP contribution in [0.5, 0.6) is 0 Å². The number of carbonyl (C=O) groups excluding carboxylic acids is 2. The van der Waals surface area contributed by atoms with Gasteiger partial charge >= 0.3 is 12.1 Å². The summed E-state index contributed by atoms with van der Waals surface area (Å²) in [7, 11) is -4.13. The van der Waals surface area contributed by atoms with Crippen LogP contribution in [-0.2, 0) is 25.8 Å². The van der Waals surface area contributed by atoms with Crippen molar-refractivity contribution in [3.05, 3.63) is 88.4 Å². The first-order valence-electron chi connectivity index (χ1n) is 13.1. The minimum Gasteiger partial charge on any atom is -0.478 e. The lowest BCUT2D eigenvalue weighted by molar-refractivity contribution is -0.118. The molecule has 0 saturated heterocycles. The summed E-state index contributed by atoms with van der Waals surface area (Å²) < 4.78 is 32.0. The molecule has 2 amide bonds. The molecular weight excluding hydrogens is 600 g/mol. The minimum absolute atomic E-state index is 0.0671. The van der Waals surface area contributed by atoms with E-state index in [0.717, 1.165) is 18.2 Å². The number of aliphatic hydroxyl groups excluding tert-OH is 2. The zero-order chi connectivity index (χ0) is 31.9. The lowest BCUT2D eigenvalue weighted by atomic mass is 10.1. The van der Waals surface area contributed by atoms with E-state index in [0.29, 0.717) is 22.6 Å². The third-order valence-electron chi connectivity index (χ3n) is 6.13. The monoisotopic (exact) mass is 632 g/mol. The Hall–Kier alpha value is -3.97. The molecule has 0 aliphatic carbocycles. The second-order valence-electron chi connectivity index (χ2n) is 10.6. The van der Waals surface area contributed by atoms with Crippen LogP contribution in [0.3, 0.4) is 0 Å². The quantitative estimate of drug-likeness (QED) is 0.240. The van der Waals surface area contributed by atoms with E-state index in [2.05, 4.69) is 5.32 Å². The summed E-state index contributed by atoms with van der Waals surface area (Å²) >= 11 is 6.04. The molecule has 43 heavy (non-hydrogen) atoms. The van der Waals surface area contributed by atoms with Gasteiger partial charge in [0, 0.05) is 11.6 Å². The topological polar surface area (TPSA) is 171 Å². The van der Waals surface area contributed by atoms with Crippen molar-refractivity contribution in [1.29, 1.82) is 0 Å². The molecule has 0 radical (unpaired) electrons. The fourth-order valence-corrected chi connectivity index (χ4v) is 5.50. The summed E-state index contributed by atoms with van der Waals surface area (Å²) in [6, 6.07) is 15.8. The first kappa shape index (κ1) is 33.5. The molecule has 3 aromatic carbocycles. The maximum Gasteiger partial charge on any atom is 0.410 e. The fourth-order valence-electron chi connectivity index (χ4n) is 4.01. The minimum atomic E-state index is -4.13. The van der Waals surface area contributed by atoms with Crippen molar-refractivity contribution in [2.75, 3.05) is 25.0 Å². The molecule has 3 rings (SSSR count). The van der Waals surface area contributed by atoms with Crippen molar-refractivity contribution >= 4 is 45.1 Å². The van der Waals surface area contributed by atoms with Gasteiger partial charge in [-0.25, -0.2) is 18.0 Å². The number of nitrogens with one attached hydrogen (secondary N) is 1. The van der Waals surface area contributed by atoms with Crippen LogP contribution in [0.1, 0.15) is 48.4 Å². The second kappa shape index (κ2) is 14.0. The number of hydrogen-bond acceptors (Lipinski definition) is 8. The molecule has 0 aliphatic heterocycles. The SMILES string of the molecule is CC(C)(C)OC(=O)N(CCc1ccc(S(=O)(=O)c2ccc(NC(=O)CO)c(C(=O)O)c2)cc1)C[C@@H](O)c1cccc(Cl)c1.